The van der Waals surface area contributed by atoms with Gasteiger partial charge in [-0.05, 0) is 18.4 Å². The number of allylic oxidation sites excluding steroid dienone is 2. The minimum atomic E-state index is 0.0544. The molecule has 1 atom stereocenters. The molecular weight excluding hydrogens is 128 g/mol. The molecule has 0 radical (unpaired) electrons. The molecule has 0 spiro atoms. The summed E-state index contributed by atoms with van der Waals surface area (Å²) in [5.74, 6) is 0.356. The zero-order valence-corrected chi connectivity index (χ0v) is 5.59. The van der Waals surface area contributed by atoms with Gasteiger partial charge in [0.2, 0.25) is 0 Å². The largest absolute Gasteiger partial charge is 0.299 e. The highest BCUT2D eigenvalue weighted by Gasteiger charge is 2.33. The average Bonchev–Trinajstić information content (AvgIpc) is 2.28. The molecule has 0 aromatic rings. The van der Waals surface area contributed by atoms with E-state index in [0.717, 1.165) is 18.4 Å². The highest BCUT2D eigenvalue weighted by atomic mass is 16.1. The van der Waals surface area contributed by atoms with Crippen LogP contribution in [0.25, 0.3) is 0 Å². The Kier molecular flexibility index (Phi) is 1.04. The number of carbonyl (C=O) groups excluding carboxylic acids is 2. The molecule has 0 N–H and O–H groups in total. The van der Waals surface area contributed by atoms with Gasteiger partial charge in [-0.25, -0.2) is 0 Å². The van der Waals surface area contributed by atoms with Crippen LogP contribution in [0.4, 0.5) is 0 Å². The molecule has 2 rings (SSSR count). The summed E-state index contributed by atoms with van der Waals surface area (Å²) >= 11 is 0. The van der Waals surface area contributed by atoms with Crippen LogP contribution in [0.2, 0.25) is 0 Å². The van der Waals surface area contributed by atoms with Crippen molar-refractivity contribution in [1.29, 1.82) is 0 Å². The molecule has 2 heteroatoms. The standard InChI is InChI=1S/C8H8O2/c9-7-4-8(10)6-2-1-5(7)3-6/h1,6H,2-4H2. The van der Waals surface area contributed by atoms with Crippen LogP contribution in [-0.4, -0.2) is 11.6 Å². The second kappa shape index (κ2) is 1.78. The van der Waals surface area contributed by atoms with Gasteiger partial charge in [0, 0.05) is 5.92 Å². The Bertz CT molecular complexity index is 238. The van der Waals surface area contributed by atoms with Crippen molar-refractivity contribution < 1.29 is 9.59 Å². The van der Waals surface area contributed by atoms with Crippen molar-refractivity contribution in [3.63, 3.8) is 0 Å². The van der Waals surface area contributed by atoms with E-state index in [0.29, 0.717) is 0 Å². The third kappa shape index (κ3) is 0.649. The monoisotopic (exact) mass is 136 g/mol. The first-order chi connectivity index (χ1) is 4.77. The molecule has 1 unspecified atom stereocenters. The highest BCUT2D eigenvalue weighted by Crippen LogP contribution is 2.32. The van der Waals surface area contributed by atoms with E-state index in [2.05, 4.69) is 0 Å². The fraction of sp³-hybridized carbons (Fsp3) is 0.500. The van der Waals surface area contributed by atoms with Gasteiger partial charge in [0.25, 0.3) is 0 Å². The van der Waals surface area contributed by atoms with Crippen LogP contribution in [-0.2, 0) is 9.59 Å². The van der Waals surface area contributed by atoms with E-state index in [1.807, 2.05) is 6.08 Å². The van der Waals surface area contributed by atoms with Crippen molar-refractivity contribution in [2.24, 2.45) is 5.92 Å². The van der Waals surface area contributed by atoms with Crippen LogP contribution in [0.1, 0.15) is 19.3 Å². The average molecular weight is 136 g/mol. The summed E-state index contributed by atoms with van der Waals surface area (Å²) in [6.07, 6.45) is 3.60. The van der Waals surface area contributed by atoms with E-state index in [-0.39, 0.29) is 23.9 Å². The second-order valence-electron chi connectivity index (χ2n) is 2.93. The smallest absolute Gasteiger partial charge is 0.165 e. The lowest BCUT2D eigenvalue weighted by Crippen LogP contribution is -2.22. The van der Waals surface area contributed by atoms with Gasteiger partial charge in [0.1, 0.15) is 5.78 Å². The molecule has 2 nitrogen and oxygen atoms in total. The molecular formula is C8H8O2. The van der Waals surface area contributed by atoms with E-state index >= 15 is 0 Å². The predicted octanol–water partition coefficient (Wildman–Crippen LogP) is 0.865. The van der Waals surface area contributed by atoms with Gasteiger partial charge in [0.15, 0.2) is 5.78 Å². The van der Waals surface area contributed by atoms with Crippen molar-refractivity contribution in [3.8, 4) is 0 Å². The lowest BCUT2D eigenvalue weighted by atomic mass is 9.89. The third-order valence-electron chi connectivity index (χ3n) is 2.26. The molecule has 0 saturated heterocycles. The molecule has 2 bridgehead atoms. The quantitative estimate of drug-likeness (QED) is 0.463. The van der Waals surface area contributed by atoms with Gasteiger partial charge in [-0.2, -0.15) is 0 Å². The molecule has 0 amide bonds. The molecule has 10 heavy (non-hydrogen) atoms. The van der Waals surface area contributed by atoms with Gasteiger partial charge < -0.3 is 0 Å². The van der Waals surface area contributed by atoms with Gasteiger partial charge in [-0.1, -0.05) is 6.08 Å². The summed E-state index contributed by atoms with van der Waals surface area (Å²) in [4.78, 5) is 22.0. The summed E-state index contributed by atoms with van der Waals surface area (Å²) in [5, 5.41) is 0. The molecule has 1 fully saturated rings. The summed E-state index contributed by atoms with van der Waals surface area (Å²) in [5.41, 5.74) is 0.893. The highest BCUT2D eigenvalue weighted by molar-refractivity contribution is 6.12. The van der Waals surface area contributed by atoms with Crippen molar-refractivity contribution in [2.75, 3.05) is 0 Å². The van der Waals surface area contributed by atoms with Crippen LogP contribution >= 0.6 is 0 Å². The fourth-order valence-electron chi connectivity index (χ4n) is 1.61. The lowest BCUT2D eigenvalue weighted by Gasteiger charge is -2.12. The van der Waals surface area contributed by atoms with Crippen LogP contribution in [0.5, 0.6) is 0 Å². The minimum absolute atomic E-state index is 0.0544. The Hall–Kier alpha value is -0.920. The van der Waals surface area contributed by atoms with E-state index in [1.54, 1.807) is 0 Å². The Morgan fingerprint density at radius 2 is 2.20 bits per heavy atom. The van der Waals surface area contributed by atoms with E-state index in [1.165, 1.54) is 0 Å². The molecule has 0 aromatic carbocycles. The number of hydrogen-bond donors (Lipinski definition) is 0. The maximum absolute atomic E-state index is 11.0. The number of rotatable bonds is 0. The Balaban J connectivity index is 2.34. The SMILES string of the molecule is O=C1CC(=O)C2CC=C1C2. The number of fused-ring (bicyclic) bond motifs is 2. The third-order valence-corrected chi connectivity index (χ3v) is 2.26. The molecule has 0 heterocycles. The van der Waals surface area contributed by atoms with Gasteiger partial charge in [-0.15, -0.1) is 0 Å². The predicted molar refractivity (Wildman–Crippen MR) is 35.4 cm³/mol. The first-order valence-electron chi connectivity index (χ1n) is 3.52. The van der Waals surface area contributed by atoms with Crippen molar-refractivity contribution in [2.45, 2.75) is 19.3 Å². The van der Waals surface area contributed by atoms with Crippen molar-refractivity contribution >= 4 is 11.6 Å². The first kappa shape index (κ1) is 5.83. The summed E-state index contributed by atoms with van der Waals surface area (Å²) < 4.78 is 0. The number of carbonyl (C=O) groups is 2. The number of hydrogen-bond acceptors (Lipinski definition) is 2. The summed E-state index contributed by atoms with van der Waals surface area (Å²) in [6, 6.07) is 0. The lowest BCUT2D eigenvalue weighted by molar-refractivity contribution is -0.129. The van der Waals surface area contributed by atoms with Crippen LogP contribution < -0.4 is 0 Å². The minimum Gasteiger partial charge on any atom is -0.299 e. The van der Waals surface area contributed by atoms with Crippen LogP contribution in [0, 0.1) is 5.92 Å². The summed E-state index contributed by atoms with van der Waals surface area (Å²) in [7, 11) is 0. The van der Waals surface area contributed by atoms with Gasteiger partial charge in [0.05, 0.1) is 6.42 Å². The van der Waals surface area contributed by atoms with Crippen molar-refractivity contribution in [3.05, 3.63) is 11.6 Å². The Labute approximate surface area is 58.9 Å². The van der Waals surface area contributed by atoms with Crippen LogP contribution in [0.3, 0.4) is 0 Å². The first-order valence-corrected chi connectivity index (χ1v) is 3.52. The number of Topliss-reactive ketones (excluding diaryl/α,β-unsaturated/α-hetero) is 2. The number of ketones is 2. The maximum Gasteiger partial charge on any atom is 0.165 e. The van der Waals surface area contributed by atoms with E-state index < -0.39 is 0 Å². The van der Waals surface area contributed by atoms with Crippen molar-refractivity contribution in [1.82, 2.24) is 0 Å². The van der Waals surface area contributed by atoms with Gasteiger partial charge >= 0.3 is 0 Å². The zero-order valence-electron chi connectivity index (χ0n) is 5.59. The Morgan fingerprint density at radius 3 is 3.00 bits per heavy atom. The van der Waals surface area contributed by atoms with Crippen LogP contribution in [0.15, 0.2) is 11.6 Å². The molecule has 2 aliphatic carbocycles. The fourth-order valence-corrected chi connectivity index (χ4v) is 1.61. The molecule has 0 aliphatic heterocycles. The normalized spacial score (nSPS) is 30.8. The van der Waals surface area contributed by atoms with E-state index in [4.69, 9.17) is 0 Å². The zero-order chi connectivity index (χ0) is 7.14. The topological polar surface area (TPSA) is 34.1 Å². The second-order valence-corrected chi connectivity index (χ2v) is 2.93. The molecule has 1 saturated carbocycles. The Morgan fingerprint density at radius 1 is 1.40 bits per heavy atom. The maximum atomic E-state index is 11.0. The molecule has 0 aromatic heterocycles. The van der Waals surface area contributed by atoms with E-state index in [9.17, 15) is 9.59 Å². The molecule has 2 aliphatic rings. The van der Waals surface area contributed by atoms with Gasteiger partial charge in [-0.3, -0.25) is 9.59 Å². The summed E-state index contributed by atoms with van der Waals surface area (Å²) in [6.45, 7) is 0. The molecule has 52 valence electrons.